The molecule has 0 bridgehead atoms. The van der Waals surface area contributed by atoms with Gasteiger partial charge in [-0.2, -0.15) is 9.57 Å². The van der Waals surface area contributed by atoms with E-state index in [1.54, 1.807) is 0 Å². The van der Waals surface area contributed by atoms with Crippen LogP contribution in [0.1, 0.15) is 16.8 Å². The van der Waals surface area contributed by atoms with E-state index in [4.69, 9.17) is 10.4 Å². The van der Waals surface area contributed by atoms with Crippen molar-refractivity contribution in [3.63, 3.8) is 0 Å². The number of nitriles is 1. The Balaban J connectivity index is 2.60. The van der Waals surface area contributed by atoms with E-state index in [9.17, 15) is 18.0 Å². The van der Waals surface area contributed by atoms with E-state index < -0.39 is 27.0 Å². The minimum absolute atomic E-state index is 0.0163. The number of pyridine rings is 1. The van der Waals surface area contributed by atoms with Crippen molar-refractivity contribution in [3.05, 3.63) is 40.2 Å². The highest BCUT2D eigenvalue weighted by Crippen LogP contribution is 2.19. The summed E-state index contributed by atoms with van der Waals surface area (Å²) < 4.78 is 25.8. The first-order valence-electron chi connectivity index (χ1n) is 6.51. The lowest BCUT2D eigenvalue weighted by Gasteiger charge is -2.16. The lowest BCUT2D eigenvalue weighted by Crippen LogP contribution is -2.28. The molecule has 23 heavy (non-hydrogen) atoms. The molecule has 0 saturated heterocycles. The van der Waals surface area contributed by atoms with Crippen LogP contribution in [0.15, 0.2) is 34.1 Å². The third-order valence-corrected chi connectivity index (χ3v) is 5.18. The number of carbonyl (C=O) groups is 1. The maximum absolute atomic E-state index is 12.4. The Labute approximate surface area is 131 Å². The number of rotatable bonds is 5. The van der Waals surface area contributed by atoms with Crippen molar-refractivity contribution in [1.82, 2.24) is 9.29 Å². The number of H-pyrrole nitrogens is 1. The number of aromatic nitrogens is 1. The van der Waals surface area contributed by atoms with E-state index in [-0.39, 0.29) is 23.2 Å². The summed E-state index contributed by atoms with van der Waals surface area (Å²) in [5.74, 6) is -1.40. The number of nitrogens with zero attached hydrogens (tertiary/aromatic N) is 2. The van der Waals surface area contributed by atoms with Gasteiger partial charge in [0.2, 0.25) is 15.5 Å². The lowest BCUT2D eigenvalue weighted by atomic mass is 10.1. The number of nitrogens with one attached hydrogen (secondary N) is 1. The van der Waals surface area contributed by atoms with Gasteiger partial charge in [0.1, 0.15) is 5.56 Å². The number of carboxylic acid groups (broad SMARTS) is 1. The smallest absolute Gasteiger partial charge is 0.341 e. The molecule has 0 saturated carbocycles. The number of carboxylic acids is 1. The highest BCUT2D eigenvalue weighted by Gasteiger charge is 2.22. The van der Waals surface area contributed by atoms with Crippen LogP contribution in [-0.2, 0) is 10.0 Å². The number of aromatic carboxylic acids is 1. The number of benzene rings is 1. The van der Waals surface area contributed by atoms with Crippen LogP contribution in [-0.4, -0.2) is 42.4 Å². The zero-order valence-electron chi connectivity index (χ0n) is 12.1. The van der Waals surface area contributed by atoms with Crippen LogP contribution in [0.4, 0.5) is 0 Å². The Hall–Kier alpha value is -2.70. The summed E-state index contributed by atoms with van der Waals surface area (Å²) in [6.07, 6.45) is 1.10. The Morgan fingerprint density at radius 2 is 2.13 bits per heavy atom. The molecule has 1 heterocycles. The molecule has 9 heteroatoms. The van der Waals surface area contributed by atoms with Crippen molar-refractivity contribution in [2.24, 2.45) is 0 Å². The zero-order valence-corrected chi connectivity index (χ0v) is 12.9. The third-order valence-electron chi connectivity index (χ3n) is 3.33. The van der Waals surface area contributed by atoms with Crippen LogP contribution < -0.4 is 5.43 Å². The van der Waals surface area contributed by atoms with Crippen molar-refractivity contribution in [1.29, 1.82) is 5.26 Å². The monoisotopic (exact) mass is 335 g/mol. The van der Waals surface area contributed by atoms with Gasteiger partial charge in [0, 0.05) is 37.1 Å². The molecule has 0 fully saturated rings. The molecule has 0 amide bonds. The van der Waals surface area contributed by atoms with E-state index in [1.807, 2.05) is 6.07 Å². The number of aromatic amines is 1. The second-order valence-corrected chi connectivity index (χ2v) is 6.82. The molecule has 1 aromatic heterocycles. The molecular formula is C14H13N3O5S. The van der Waals surface area contributed by atoms with Crippen molar-refractivity contribution in [2.75, 3.05) is 13.6 Å². The van der Waals surface area contributed by atoms with Crippen molar-refractivity contribution < 1.29 is 18.3 Å². The van der Waals surface area contributed by atoms with Gasteiger partial charge in [-0.15, -0.1) is 0 Å². The number of hydrogen-bond acceptors (Lipinski definition) is 5. The van der Waals surface area contributed by atoms with Gasteiger partial charge < -0.3 is 10.1 Å². The van der Waals surface area contributed by atoms with Crippen LogP contribution >= 0.6 is 0 Å². The van der Waals surface area contributed by atoms with Crippen LogP contribution in [0.2, 0.25) is 0 Å². The molecule has 0 atom stereocenters. The van der Waals surface area contributed by atoms with Gasteiger partial charge in [0.25, 0.3) is 0 Å². The molecule has 1 aromatic carbocycles. The maximum atomic E-state index is 12.4. The summed E-state index contributed by atoms with van der Waals surface area (Å²) in [6.45, 7) is 0.0163. The fourth-order valence-electron chi connectivity index (χ4n) is 2.02. The Morgan fingerprint density at radius 3 is 2.74 bits per heavy atom. The van der Waals surface area contributed by atoms with Crippen LogP contribution in [0.25, 0.3) is 10.9 Å². The minimum atomic E-state index is -3.87. The van der Waals surface area contributed by atoms with Gasteiger partial charge in [0.15, 0.2) is 0 Å². The molecule has 2 N–H and O–H groups in total. The van der Waals surface area contributed by atoms with Gasteiger partial charge >= 0.3 is 5.97 Å². The minimum Gasteiger partial charge on any atom is -0.477 e. The molecule has 0 aliphatic carbocycles. The summed E-state index contributed by atoms with van der Waals surface area (Å²) >= 11 is 0. The average molecular weight is 335 g/mol. The third kappa shape index (κ3) is 3.08. The predicted octanol–water partition coefficient (Wildman–Crippen LogP) is 0.760. The first-order chi connectivity index (χ1) is 10.8. The van der Waals surface area contributed by atoms with E-state index >= 15 is 0 Å². The summed E-state index contributed by atoms with van der Waals surface area (Å²) in [4.78, 5) is 25.6. The molecule has 0 aliphatic heterocycles. The normalized spacial score (nSPS) is 11.5. The van der Waals surface area contributed by atoms with Crippen molar-refractivity contribution in [3.8, 4) is 6.07 Å². The van der Waals surface area contributed by atoms with Crippen molar-refractivity contribution >= 4 is 26.9 Å². The highest BCUT2D eigenvalue weighted by atomic mass is 32.2. The number of fused-ring (bicyclic) bond motifs is 1. The van der Waals surface area contributed by atoms with E-state index in [0.717, 1.165) is 16.6 Å². The molecule has 2 rings (SSSR count). The first kappa shape index (κ1) is 16.7. The summed E-state index contributed by atoms with van der Waals surface area (Å²) in [5, 5.41) is 17.5. The molecule has 0 unspecified atom stereocenters. The Morgan fingerprint density at radius 1 is 1.43 bits per heavy atom. The molecule has 8 nitrogen and oxygen atoms in total. The van der Waals surface area contributed by atoms with E-state index in [0.29, 0.717) is 5.52 Å². The van der Waals surface area contributed by atoms with E-state index in [1.165, 1.54) is 19.2 Å². The van der Waals surface area contributed by atoms with Crippen LogP contribution in [0, 0.1) is 11.3 Å². The standard InChI is InChI=1S/C14H13N3O5S/c1-17(6-2-5-15)23(21,22)9-3-4-12-10(7-9)13(18)11(8-16-12)14(19)20/h3-4,7-8H,2,6H2,1H3,(H,16,18)(H,19,20). The van der Waals surface area contributed by atoms with E-state index in [2.05, 4.69) is 4.98 Å². The number of sulfonamides is 1. The summed E-state index contributed by atoms with van der Waals surface area (Å²) in [7, 11) is -2.54. The van der Waals surface area contributed by atoms with Gasteiger partial charge in [-0.1, -0.05) is 0 Å². The fourth-order valence-corrected chi connectivity index (χ4v) is 3.22. The van der Waals surface area contributed by atoms with Gasteiger partial charge in [-0.05, 0) is 18.2 Å². The lowest BCUT2D eigenvalue weighted by molar-refractivity contribution is 0.0695. The van der Waals surface area contributed by atoms with Gasteiger partial charge in [-0.3, -0.25) is 4.79 Å². The SMILES string of the molecule is CN(CCC#N)S(=O)(=O)c1ccc2[nH]cc(C(=O)O)c(=O)c2c1. The Bertz CT molecular complexity index is 972. The second kappa shape index (κ2) is 6.20. The Kier molecular flexibility index (Phi) is 4.49. The largest absolute Gasteiger partial charge is 0.477 e. The fraction of sp³-hybridized carbons (Fsp3) is 0.214. The molecule has 0 radical (unpaired) electrons. The van der Waals surface area contributed by atoms with Crippen LogP contribution in [0.3, 0.4) is 0 Å². The van der Waals surface area contributed by atoms with Gasteiger partial charge in [0.05, 0.1) is 11.0 Å². The van der Waals surface area contributed by atoms with Gasteiger partial charge in [-0.25, -0.2) is 13.2 Å². The van der Waals surface area contributed by atoms with Crippen LogP contribution in [0.5, 0.6) is 0 Å². The predicted molar refractivity (Wildman–Crippen MR) is 81.6 cm³/mol. The molecular weight excluding hydrogens is 322 g/mol. The molecule has 0 aliphatic rings. The topological polar surface area (TPSA) is 131 Å². The average Bonchev–Trinajstić information content (AvgIpc) is 2.52. The summed E-state index contributed by atoms with van der Waals surface area (Å²) in [5.41, 5.74) is -0.897. The molecule has 2 aromatic rings. The highest BCUT2D eigenvalue weighted by molar-refractivity contribution is 7.89. The van der Waals surface area contributed by atoms with Crippen molar-refractivity contribution in [2.45, 2.75) is 11.3 Å². The first-order valence-corrected chi connectivity index (χ1v) is 7.95. The zero-order chi connectivity index (χ0) is 17.2. The number of hydrogen-bond donors (Lipinski definition) is 2. The maximum Gasteiger partial charge on any atom is 0.341 e. The summed E-state index contributed by atoms with van der Waals surface area (Å²) in [6, 6.07) is 5.70. The second-order valence-electron chi connectivity index (χ2n) is 4.78. The molecule has 0 spiro atoms. The molecule has 120 valence electrons. The quantitative estimate of drug-likeness (QED) is 0.829.